The second kappa shape index (κ2) is 4.63. The number of ether oxygens (including phenoxy) is 1. The van der Waals surface area contributed by atoms with Crippen LogP contribution < -0.4 is 0 Å². The Balaban J connectivity index is 1.97. The average Bonchev–Trinajstić information content (AvgIpc) is 2.55. The van der Waals surface area contributed by atoms with Crippen LogP contribution in [0.15, 0.2) is 0 Å². The van der Waals surface area contributed by atoms with Crippen molar-refractivity contribution in [3.8, 4) is 0 Å². The molecule has 16 heavy (non-hydrogen) atoms. The first kappa shape index (κ1) is 12.3. The van der Waals surface area contributed by atoms with Crippen molar-refractivity contribution in [2.24, 2.45) is 5.41 Å². The predicted octanol–water partition coefficient (Wildman–Crippen LogP) is 1.65. The summed E-state index contributed by atoms with van der Waals surface area (Å²) in [5, 5.41) is 10.3. The van der Waals surface area contributed by atoms with E-state index in [9.17, 15) is 5.11 Å². The summed E-state index contributed by atoms with van der Waals surface area (Å²) in [7, 11) is 2.17. The van der Waals surface area contributed by atoms with Gasteiger partial charge >= 0.3 is 0 Å². The monoisotopic (exact) mass is 227 g/mol. The lowest BCUT2D eigenvalue weighted by Crippen LogP contribution is -2.48. The van der Waals surface area contributed by atoms with E-state index >= 15 is 0 Å². The van der Waals surface area contributed by atoms with E-state index < -0.39 is 0 Å². The molecule has 0 aromatic carbocycles. The highest BCUT2D eigenvalue weighted by Gasteiger charge is 2.43. The first-order valence-electron chi connectivity index (χ1n) is 6.50. The van der Waals surface area contributed by atoms with Gasteiger partial charge in [-0.2, -0.15) is 0 Å². The Morgan fingerprint density at radius 2 is 1.81 bits per heavy atom. The van der Waals surface area contributed by atoms with Gasteiger partial charge in [0.1, 0.15) is 0 Å². The lowest BCUT2D eigenvalue weighted by molar-refractivity contribution is -0.0190. The van der Waals surface area contributed by atoms with E-state index in [2.05, 4.69) is 25.8 Å². The molecule has 2 fully saturated rings. The molecule has 0 aromatic rings. The Morgan fingerprint density at radius 3 is 2.31 bits per heavy atom. The quantitative estimate of drug-likeness (QED) is 0.778. The predicted molar refractivity (Wildman–Crippen MR) is 64.4 cm³/mol. The molecule has 1 aliphatic carbocycles. The maximum absolute atomic E-state index is 10.3. The van der Waals surface area contributed by atoms with Crippen LogP contribution in [0.1, 0.15) is 39.5 Å². The highest BCUT2D eigenvalue weighted by molar-refractivity contribution is 4.97. The molecule has 2 atom stereocenters. The Kier molecular flexibility index (Phi) is 3.57. The number of aliphatic hydroxyl groups is 1. The summed E-state index contributed by atoms with van der Waals surface area (Å²) in [6.45, 7) is 6.10. The average molecular weight is 227 g/mol. The molecule has 2 rings (SSSR count). The van der Waals surface area contributed by atoms with Gasteiger partial charge < -0.3 is 9.84 Å². The van der Waals surface area contributed by atoms with Gasteiger partial charge in [-0.3, -0.25) is 4.90 Å². The fourth-order valence-corrected chi connectivity index (χ4v) is 3.14. The molecular weight excluding hydrogens is 202 g/mol. The molecule has 2 aliphatic rings. The molecule has 1 N–H and O–H groups in total. The molecule has 1 heterocycles. The van der Waals surface area contributed by atoms with Gasteiger partial charge in [0.25, 0.3) is 0 Å². The molecule has 94 valence electrons. The molecule has 1 aliphatic heterocycles. The summed E-state index contributed by atoms with van der Waals surface area (Å²) in [4.78, 5) is 2.40. The second-order valence-corrected chi connectivity index (χ2v) is 6.05. The van der Waals surface area contributed by atoms with Crippen molar-refractivity contribution in [1.29, 1.82) is 0 Å². The minimum absolute atomic E-state index is 0.0874. The van der Waals surface area contributed by atoms with Gasteiger partial charge in [0, 0.05) is 25.3 Å². The van der Waals surface area contributed by atoms with Crippen LogP contribution in [0.4, 0.5) is 0 Å². The summed E-state index contributed by atoms with van der Waals surface area (Å²) in [6, 6.07) is 0.945. The highest BCUT2D eigenvalue weighted by atomic mass is 16.5. The topological polar surface area (TPSA) is 32.7 Å². The van der Waals surface area contributed by atoms with E-state index in [0.717, 1.165) is 38.9 Å². The van der Waals surface area contributed by atoms with Crippen LogP contribution in [-0.2, 0) is 4.74 Å². The number of rotatable bonds is 2. The van der Waals surface area contributed by atoms with Gasteiger partial charge in [0.2, 0.25) is 0 Å². The molecular formula is C13H25NO2. The first-order valence-corrected chi connectivity index (χ1v) is 6.50. The van der Waals surface area contributed by atoms with E-state index in [1.54, 1.807) is 0 Å². The first-order chi connectivity index (χ1) is 7.52. The van der Waals surface area contributed by atoms with E-state index in [1.807, 2.05) is 0 Å². The molecule has 3 nitrogen and oxygen atoms in total. The second-order valence-electron chi connectivity index (χ2n) is 6.05. The number of likely N-dealkylation sites (N-methyl/N-ethyl adjacent to an activating group) is 1. The number of nitrogens with zero attached hydrogens (tertiary/aromatic N) is 1. The molecule has 3 heteroatoms. The maximum Gasteiger partial charge on any atom is 0.0746 e. The van der Waals surface area contributed by atoms with Crippen LogP contribution in [0.2, 0.25) is 0 Å². The number of hydrogen-bond donors (Lipinski definition) is 1. The zero-order valence-corrected chi connectivity index (χ0v) is 10.8. The van der Waals surface area contributed by atoms with Gasteiger partial charge in [0.05, 0.1) is 6.10 Å². The standard InChI is InChI=1S/C13H25NO2/c1-13(2)7-4-11(12(13)15)14(3)10-5-8-16-9-6-10/h10-12,15H,4-9H2,1-3H3. The lowest BCUT2D eigenvalue weighted by atomic mass is 9.88. The lowest BCUT2D eigenvalue weighted by Gasteiger charge is -2.38. The zero-order valence-electron chi connectivity index (χ0n) is 10.8. The fourth-order valence-electron chi connectivity index (χ4n) is 3.14. The number of aliphatic hydroxyl groups excluding tert-OH is 1. The van der Waals surface area contributed by atoms with Crippen LogP contribution in [0, 0.1) is 5.41 Å². The van der Waals surface area contributed by atoms with Crippen molar-refractivity contribution in [1.82, 2.24) is 4.90 Å². The van der Waals surface area contributed by atoms with E-state index in [4.69, 9.17) is 4.74 Å². The highest BCUT2D eigenvalue weighted by Crippen LogP contribution is 2.40. The summed E-state index contributed by atoms with van der Waals surface area (Å²) in [6.07, 6.45) is 4.30. The van der Waals surface area contributed by atoms with Crippen molar-refractivity contribution >= 4 is 0 Å². The van der Waals surface area contributed by atoms with Crippen LogP contribution in [0.25, 0.3) is 0 Å². The maximum atomic E-state index is 10.3. The third kappa shape index (κ3) is 2.27. The molecule has 1 saturated heterocycles. The molecule has 0 radical (unpaired) electrons. The minimum atomic E-state index is -0.180. The van der Waals surface area contributed by atoms with Crippen LogP contribution >= 0.6 is 0 Å². The van der Waals surface area contributed by atoms with Crippen LogP contribution in [0.5, 0.6) is 0 Å². The van der Waals surface area contributed by atoms with Crippen molar-refractivity contribution in [3.05, 3.63) is 0 Å². The third-order valence-electron chi connectivity index (χ3n) is 4.54. The number of hydrogen-bond acceptors (Lipinski definition) is 3. The van der Waals surface area contributed by atoms with Gasteiger partial charge in [0.15, 0.2) is 0 Å². The Hall–Kier alpha value is -0.120. The largest absolute Gasteiger partial charge is 0.391 e. The summed E-state index contributed by atoms with van der Waals surface area (Å²) in [5.74, 6) is 0. The summed E-state index contributed by atoms with van der Waals surface area (Å²) >= 11 is 0. The van der Waals surface area contributed by atoms with Gasteiger partial charge in [-0.25, -0.2) is 0 Å². The molecule has 2 unspecified atom stereocenters. The van der Waals surface area contributed by atoms with Gasteiger partial charge in [-0.15, -0.1) is 0 Å². The van der Waals surface area contributed by atoms with Crippen LogP contribution in [0.3, 0.4) is 0 Å². The zero-order chi connectivity index (χ0) is 11.8. The summed E-state index contributed by atoms with van der Waals surface area (Å²) in [5.41, 5.74) is 0.0874. The normalized spacial score (nSPS) is 35.8. The van der Waals surface area contributed by atoms with E-state index in [-0.39, 0.29) is 11.5 Å². The van der Waals surface area contributed by atoms with Gasteiger partial charge in [-0.1, -0.05) is 13.8 Å². The SMILES string of the molecule is CN(C1CCOCC1)C1CCC(C)(C)C1O. The van der Waals surface area contributed by atoms with E-state index in [0.29, 0.717) is 12.1 Å². The Bertz CT molecular complexity index is 236. The third-order valence-corrected chi connectivity index (χ3v) is 4.54. The minimum Gasteiger partial charge on any atom is -0.391 e. The molecule has 1 saturated carbocycles. The molecule has 0 spiro atoms. The Labute approximate surface area is 98.8 Å². The van der Waals surface area contributed by atoms with Crippen LogP contribution in [-0.4, -0.2) is 48.5 Å². The smallest absolute Gasteiger partial charge is 0.0746 e. The fraction of sp³-hybridized carbons (Fsp3) is 1.00. The molecule has 0 amide bonds. The van der Waals surface area contributed by atoms with Crippen molar-refractivity contribution in [2.45, 2.75) is 57.7 Å². The summed E-state index contributed by atoms with van der Waals surface area (Å²) < 4.78 is 5.39. The molecule has 0 bridgehead atoms. The molecule has 0 aromatic heterocycles. The van der Waals surface area contributed by atoms with Crippen molar-refractivity contribution in [2.75, 3.05) is 20.3 Å². The van der Waals surface area contributed by atoms with Crippen molar-refractivity contribution in [3.63, 3.8) is 0 Å². The van der Waals surface area contributed by atoms with Crippen molar-refractivity contribution < 1.29 is 9.84 Å². The Morgan fingerprint density at radius 1 is 1.19 bits per heavy atom. The van der Waals surface area contributed by atoms with Gasteiger partial charge in [-0.05, 0) is 38.1 Å². The van der Waals surface area contributed by atoms with E-state index in [1.165, 1.54) is 0 Å².